The van der Waals surface area contributed by atoms with Gasteiger partial charge < -0.3 is 9.64 Å². The normalized spacial score (nSPS) is 19.5. The number of rotatable bonds is 4. The van der Waals surface area contributed by atoms with Crippen LogP contribution in [0, 0.1) is 0 Å². The van der Waals surface area contributed by atoms with Crippen molar-refractivity contribution in [2.45, 2.75) is 6.92 Å². The lowest BCUT2D eigenvalue weighted by Gasteiger charge is -2.33. The summed E-state index contributed by atoms with van der Waals surface area (Å²) >= 11 is 0. The summed E-state index contributed by atoms with van der Waals surface area (Å²) in [6, 6.07) is 0. The van der Waals surface area contributed by atoms with Crippen molar-refractivity contribution in [3.05, 3.63) is 0 Å². The van der Waals surface area contributed by atoms with Crippen LogP contribution in [0.5, 0.6) is 0 Å². The zero-order valence-electron chi connectivity index (χ0n) is 8.45. The van der Waals surface area contributed by atoms with E-state index < -0.39 is 0 Å². The number of ether oxygens (including phenoxy) is 1. The maximum Gasteiger partial charge on any atom is 0.236 e. The lowest BCUT2D eigenvalue weighted by atomic mass is 10.3. The average molecular weight is 186 g/mol. The first-order valence-corrected chi connectivity index (χ1v) is 4.77. The maximum absolute atomic E-state index is 11.5. The number of hydrogen-bond donors (Lipinski definition) is 0. The highest BCUT2D eigenvalue weighted by molar-refractivity contribution is 5.79. The quantitative estimate of drug-likeness (QED) is 0.609. The predicted molar refractivity (Wildman–Crippen MR) is 50.6 cm³/mol. The van der Waals surface area contributed by atoms with Crippen LogP contribution >= 0.6 is 0 Å². The monoisotopic (exact) mass is 186 g/mol. The van der Waals surface area contributed by atoms with Gasteiger partial charge in [0.25, 0.3) is 0 Å². The standard InChI is InChI=1S/C9H18N2O2/c1-3-10-4-5-11(6-7-13-2)9(12)8-10/h3-8H2,1-2H3. The lowest BCUT2D eigenvalue weighted by Crippen LogP contribution is -2.50. The molecule has 1 aliphatic rings. The lowest BCUT2D eigenvalue weighted by molar-refractivity contribution is -0.136. The fourth-order valence-electron chi connectivity index (χ4n) is 1.47. The van der Waals surface area contributed by atoms with Crippen LogP contribution < -0.4 is 0 Å². The Morgan fingerprint density at radius 3 is 2.77 bits per heavy atom. The number of likely N-dealkylation sites (N-methyl/N-ethyl adjacent to an activating group) is 1. The molecule has 76 valence electrons. The first kappa shape index (κ1) is 10.5. The second kappa shape index (κ2) is 5.19. The highest BCUT2D eigenvalue weighted by atomic mass is 16.5. The zero-order valence-corrected chi connectivity index (χ0v) is 8.45. The van der Waals surface area contributed by atoms with Crippen LogP contribution in [-0.4, -0.2) is 62.1 Å². The minimum absolute atomic E-state index is 0.227. The van der Waals surface area contributed by atoms with Gasteiger partial charge in [-0.1, -0.05) is 6.92 Å². The summed E-state index contributed by atoms with van der Waals surface area (Å²) in [5.41, 5.74) is 0. The van der Waals surface area contributed by atoms with E-state index in [1.807, 2.05) is 4.90 Å². The molecule has 13 heavy (non-hydrogen) atoms. The van der Waals surface area contributed by atoms with Crippen molar-refractivity contribution < 1.29 is 9.53 Å². The van der Waals surface area contributed by atoms with Gasteiger partial charge in [0, 0.05) is 26.7 Å². The molecule has 0 radical (unpaired) electrons. The number of hydrogen-bond acceptors (Lipinski definition) is 3. The van der Waals surface area contributed by atoms with Gasteiger partial charge in [0.2, 0.25) is 5.91 Å². The first-order chi connectivity index (χ1) is 6.27. The molecule has 0 aromatic rings. The number of piperazine rings is 1. The third kappa shape index (κ3) is 2.97. The van der Waals surface area contributed by atoms with Crippen LogP contribution in [0.25, 0.3) is 0 Å². The van der Waals surface area contributed by atoms with Gasteiger partial charge >= 0.3 is 0 Å². The summed E-state index contributed by atoms with van der Waals surface area (Å²) in [6.07, 6.45) is 0. The van der Waals surface area contributed by atoms with Crippen molar-refractivity contribution in [1.29, 1.82) is 0 Å². The van der Waals surface area contributed by atoms with Crippen molar-refractivity contribution in [2.75, 3.05) is 46.4 Å². The molecular formula is C9H18N2O2. The molecule has 1 aliphatic heterocycles. The van der Waals surface area contributed by atoms with E-state index in [1.165, 1.54) is 0 Å². The molecule has 4 nitrogen and oxygen atoms in total. The van der Waals surface area contributed by atoms with Crippen LogP contribution in [0.2, 0.25) is 0 Å². The summed E-state index contributed by atoms with van der Waals surface area (Å²) in [5, 5.41) is 0. The smallest absolute Gasteiger partial charge is 0.236 e. The summed E-state index contributed by atoms with van der Waals surface area (Å²) in [4.78, 5) is 15.5. The van der Waals surface area contributed by atoms with Crippen LogP contribution in [0.15, 0.2) is 0 Å². The van der Waals surface area contributed by atoms with Gasteiger partial charge in [-0.3, -0.25) is 9.69 Å². The van der Waals surface area contributed by atoms with Gasteiger partial charge in [0.1, 0.15) is 0 Å². The Morgan fingerprint density at radius 1 is 1.46 bits per heavy atom. The van der Waals surface area contributed by atoms with E-state index in [-0.39, 0.29) is 5.91 Å². The Kier molecular flexibility index (Phi) is 4.18. The van der Waals surface area contributed by atoms with Gasteiger partial charge in [0.05, 0.1) is 13.2 Å². The molecule has 1 saturated heterocycles. The largest absolute Gasteiger partial charge is 0.383 e. The van der Waals surface area contributed by atoms with E-state index in [0.29, 0.717) is 13.2 Å². The minimum atomic E-state index is 0.227. The average Bonchev–Trinajstić information content (AvgIpc) is 2.16. The third-order valence-corrected chi connectivity index (χ3v) is 2.41. The van der Waals surface area contributed by atoms with E-state index in [9.17, 15) is 4.79 Å². The third-order valence-electron chi connectivity index (χ3n) is 2.41. The summed E-state index contributed by atoms with van der Waals surface area (Å²) in [5.74, 6) is 0.227. The molecule has 1 heterocycles. The topological polar surface area (TPSA) is 32.8 Å². The fraction of sp³-hybridized carbons (Fsp3) is 0.889. The molecule has 0 unspecified atom stereocenters. The molecule has 1 amide bonds. The Morgan fingerprint density at radius 2 is 2.23 bits per heavy atom. The molecule has 1 fully saturated rings. The zero-order chi connectivity index (χ0) is 9.68. The fourth-order valence-corrected chi connectivity index (χ4v) is 1.47. The van der Waals surface area contributed by atoms with Gasteiger partial charge in [-0.25, -0.2) is 0 Å². The van der Waals surface area contributed by atoms with Gasteiger partial charge in [-0.2, -0.15) is 0 Å². The first-order valence-electron chi connectivity index (χ1n) is 4.77. The Labute approximate surface area is 79.4 Å². The summed E-state index contributed by atoms with van der Waals surface area (Å²) in [6.45, 7) is 6.81. The number of carbonyl (C=O) groups is 1. The second-order valence-electron chi connectivity index (χ2n) is 3.24. The second-order valence-corrected chi connectivity index (χ2v) is 3.24. The SMILES string of the molecule is CCN1CCN(CCOC)C(=O)C1. The predicted octanol–water partition coefficient (Wildman–Crippen LogP) is -0.203. The minimum Gasteiger partial charge on any atom is -0.383 e. The molecule has 0 aliphatic carbocycles. The van der Waals surface area contributed by atoms with Crippen molar-refractivity contribution in [2.24, 2.45) is 0 Å². The van der Waals surface area contributed by atoms with E-state index >= 15 is 0 Å². The number of amides is 1. The molecule has 0 aromatic heterocycles. The molecule has 0 aromatic carbocycles. The number of carbonyl (C=O) groups excluding carboxylic acids is 1. The molecule has 1 rings (SSSR count). The highest BCUT2D eigenvalue weighted by Crippen LogP contribution is 2.01. The molecule has 4 heteroatoms. The van der Waals surface area contributed by atoms with Crippen molar-refractivity contribution in [3.63, 3.8) is 0 Å². The molecule has 0 N–H and O–H groups in total. The molecule has 0 saturated carbocycles. The Balaban J connectivity index is 2.31. The van der Waals surface area contributed by atoms with E-state index in [1.54, 1.807) is 7.11 Å². The van der Waals surface area contributed by atoms with E-state index in [4.69, 9.17) is 4.74 Å². The van der Waals surface area contributed by atoms with E-state index in [2.05, 4.69) is 11.8 Å². The van der Waals surface area contributed by atoms with E-state index in [0.717, 1.165) is 26.2 Å². The van der Waals surface area contributed by atoms with Gasteiger partial charge in [0.15, 0.2) is 0 Å². The number of methoxy groups -OCH3 is 1. The molecule has 0 atom stereocenters. The Hall–Kier alpha value is -0.610. The highest BCUT2D eigenvalue weighted by Gasteiger charge is 2.21. The van der Waals surface area contributed by atoms with Crippen LogP contribution in [-0.2, 0) is 9.53 Å². The van der Waals surface area contributed by atoms with Crippen molar-refractivity contribution >= 4 is 5.91 Å². The van der Waals surface area contributed by atoms with Gasteiger partial charge in [-0.15, -0.1) is 0 Å². The Bertz CT molecular complexity index is 173. The molecule has 0 spiro atoms. The molecular weight excluding hydrogens is 168 g/mol. The summed E-state index contributed by atoms with van der Waals surface area (Å²) in [7, 11) is 1.66. The molecule has 0 bridgehead atoms. The van der Waals surface area contributed by atoms with Crippen molar-refractivity contribution in [3.8, 4) is 0 Å². The number of nitrogens with zero attached hydrogens (tertiary/aromatic N) is 2. The summed E-state index contributed by atoms with van der Waals surface area (Å²) < 4.78 is 4.94. The van der Waals surface area contributed by atoms with Gasteiger partial charge in [-0.05, 0) is 6.54 Å². The maximum atomic E-state index is 11.5. The van der Waals surface area contributed by atoms with Crippen LogP contribution in [0.4, 0.5) is 0 Å². The van der Waals surface area contributed by atoms with Crippen molar-refractivity contribution in [1.82, 2.24) is 9.80 Å². The van der Waals surface area contributed by atoms with Crippen LogP contribution in [0.1, 0.15) is 6.92 Å². The van der Waals surface area contributed by atoms with Crippen LogP contribution in [0.3, 0.4) is 0 Å².